The minimum absolute atomic E-state index is 0.0208. The second kappa shape index (κ2) is 12.6. The number of hydrogen-bond donors (Lipinski definition) is 5. The number of phenolic OH excluding ortho intramolecular Hbond substituents is 3. The third-order valence-electron chi connectivity index (χ3n) is 3.26. The molecule has 8 nitrogen and oxygen atoms in total. The number of rotatable bonds is 3. The topological polar surface area (TPSA) is 145 Å². The molecule has 0 unspecified atom stereocenters. The Labute approximate surface area is 192 Å². The van der Waals surface area contributed by atoms with E-state index in [1.807, 2.05) is 0 Å². The number of carbonyl (C=O) groups is 2. The average Bonchev–Trinajstić information content (AvgIpc) is 2.61. The minimum Gasteiger partial charge on any atom is -0.504 e. The second-order valence-electron chi connectivity index (χ2n) is 5.36. The molecule has 5 N–H and O–H groups in total. The van der Waals surface area contributed by atoms with E-state index in [4.69, 9.17) is 25.2 Å². The van der Waals surface area contributed by atoms with Gasteiger partial charge in [-0.05, 0) is 49.2 Å². The van der Waals surface area contributed by atoms with Crippen molar-refractivity contribution < 1.29 is 39.9 Å². The molecule has 0 radical (unpaired) electrons. The summed E-state index contributed by atoms with van der Waals surface area (Å²) in [5.41, 5.74) is 0.888. The van der Waals surface area contributed by atoms with Crippen molar-refractivity contribution >= 4 is 62.4 Å². The normalized spacial score (nSPS) is 9.31. The summed E-state index contributed by atoms with van der Waals surface area (Å²) in [5, 5.41) is 44.7. The minimum atomic E-state index is -1.13. The molecule has 0 atom stereocenters. The Bertz CT molecular complexity index is 848. The third-order valence-corrected chi connectivity index (χ3v) is 3.26. The molecule has 0 saturated carbocycles. The lowest BCUT2D eigenvalue weighted by atomic mass is 10.1. The van der Waals surface area contributed by atoms with Crippen molar-refractivity contribution in [3.63, 3.8) is 0 Å². The van der Waals surface area contributed by atoms with Crippen molar-refractivity contribution in [2.75, 3.05) is 7.11 Å². The highest BCUT2D eigenvalue weighted by molar-refractivity contribution is 9.69. The molecular weight excluding hydrogens is 583 g/mol. The Balaban J connectivity index is 0.000000459. The summed E-state index contributed by atoms with van der Waals surface area (Å²) >= 11 is 9.31. The van der Waals surface area contributed by atoms with Crippen LogP contribution < -0.4 is 4.74 Å². The Morgan fingerprint density at radius 1 is 0.828 bits per heavy atom. The van der Waals surface area contributed by atoms with Crippen LogP contribution in [0.1, 0.15) is 31.8 Å². The first kappa shape index (κ1) is 27.1. The molecule has 0 bridgehead atoms. The quantitative estimate of drug-likeness (QED) is 0.253. The largest absolute Gasteiger partial charge is 0.504 e. The van der Waals surface area contributed by atoms with E-state index in [1.165, 1.54) is 32.2 Å². The predicted molar refractivity (Wildman–Crippen MR) is 120 cm³/mol. The molecule has 158 valence electrons. The first-order chi connectivity index (χ1) is 13.3. The summed E-state index contributed by atoms with van der Waals surface area (Å²) in [6.45, 7) is 3.13. The fraction of sp³-hybridized carbons (Fsp3) is 0.176. The number of benzene rings is 2. The molecule has 0 heterocycles. The number of halogens is 3. The fourth-order valence-electron chi connectivity index (χ4n) is 1.91. The number of phenols is 3. The van der Waals surface area contributed by atoms with Crippen molar-refractivity contribution in [1.29, 1.82) is 0 Å². The van der Waals surface area contributed by atoms with Gasteiger partial charge in [-0.3, -0.25) is 0 Å². The monoisotopic (exact) mass is 598 g/mol. The van der Waals surface area contributed by atoms with Gasteiger partial charge < -0.3 is 30.3 Å². The number of hydrogen-bond acceptors (Lipinski definition) is 6. The maximum Gasteiger partial charge on any atom is 0.369 e. The molecule has 0 aliphatic rings. The zero-order valence-corrected chi connectivity index (χ0v) is 20.2. The lowest BCUT2D eigenvalue weighted by Gasteiger charge is -2.06. The maximum atomic E-state index is 10.6. The molecule has 12 heteroatoms. The lowest BCUT2D eigenvalue weighted by molar-refractivity contribution is 0.0685. The predicted octanol–water partition coefficient (Wildman–Crippen LogP) is 4.67. The van der Waals surface area contributed by atoms with Gasteiger partial charge in [0.05, 0.1) is 18.2 Å². The molecule has 2 aromatic rings. The van der Waals surface area contributed by atoms with Crippen LogP contribution in [-0.2, 0) is 0 Å². The molecule has 29 heavy (non-hydrogen) atoms. The highest BCUT2D eigenvalue weighted by Crippen LogP contribution is 2.31. The number of aromatic hydroxyl groups is 3. The number of aromatic carboxylic acids is 2. The van der Waals surface area contributed by atoms with Gasteiger partial charge in [-0.1, -0.05) is 0 Å². The van der Waals surface area contributed by atoms with Crippen molar-refractivity contribution in [2.45, 2.75) is 13.8 Å². The molecule has 0 amide bonds. The van der Waals surface area contributed by atoms with Crippen LogP contribution in [0.25, 0.3) is 0 Å². The summed E-state index contributed by atoms with van der Waals surface area (Å²) in [4.78, 5) is 21.0. The molecule has 0 aliphatic heterocycles. The first-order valence-electron chi connectivity index (χ1n) is 7.60. The average molecular weight is 601 g/mol. The maximum absolute atomic E-state index is 10.6. The van der Waals surface area contributed by atoms with Crippen molar-refractivity contribution in [3.05, 3.63) is 46.5 Å². The zero-order valence-electron chi connectivity index (χ0n) is 15.5. The van der Waals surface area contributed by atoms with Crippen LogP contribution in [0.4, 0.5) is 0 Å². The summed E-state index contributed by atoms with van der Waals surface area (Å²) in [6.07, 6.45) is 0. The second-order valence-corrected chi connectivity index (χ2v) is 11.8. The smallest absolute Gasteiger partial charge is 0.369 e. The Morgan fingerprint density at radius 2 is 1.21 bits per heavy atom. The van der Waals surface area contributed by atoms with Crippen LogP contribution in [0, 0.1) is 13.8 Å². The summed E-state index contributed by atoms with van der Waals surface area (Å²) in [7, 11) is 1.38. The molecule has 0 aliphatic carbocycles. The summed E-state index contributed by atoms with van der Waals surface area (Å²) in [6, 6.07) is 4.97. The number of ether oxygens (including phenoxy) is 1. The van der Waals surface area contributed by atoms with Gasteiger partial charge in [0.1, 0.15) is 0 Å². The van der Waals surface area contributed by atoms with Crippen LogP contribution in [0.3, 0.4) is 0 Å². The number of aryl methyl sites for hydroxylation is 2. The van der Waals surface area contributed by atoms with Crippen LogP contribution in [0.15, 0.2) is 24.3 Å². The van der Waals surface area contributed by atoms with Crippen LogP contribution in [0.5, 0.6) is 23.0 Å². The Kier molecular flexibility index (Phi) is 11.8. The van der Waals surface area contributed by atoms with E-state index in [2.05, 4.69) is 47.3 Å². The number of carboxylic acids is 2. The van der Waals surface area contributed by atoms with Crippen LogP contribution in [0.2, 0.25) is 0 Å². The lowest BCUT2D eigenvalue weighted by Crippen LogP contribution is -1.98. The number of methoxy groups -OCH3 is 1. The van der Waals surface area contributed by atoms with Gasteiger partial charge in [0.25, 0.3) is 0 Å². The van der Waals surface area contributed by atoms with E-state index in [0.29, 0.717) is 11.1 Å². The van der Waals surface area contributed by atoms with E-state index < -0.39 is 17.7 Å². The standard InChI is InChI=1S/C9H10O4.C8H8O4.BBr3/c1-5-3-6(9(11)12)4-7(13-2)8(5)10;1-4-2-5(8(11)12)3-6(9)7(4)10;2-1(3)4/h3-4,10H,1-2H3,(H,11,12);2-3,9-10H,1H3,(H,11,12);. The first-order valence-corrected chi connectivity index (χ1v) is 10.3. The van der Waals surface area contributed by atoms with Crippen molar-refractivity contribution in [3.8, 4) is 23.0 Å². The molecule has 2 rings (SSSR count). The van der Waals surface area contributed by atoms with Gasteiger partial charge in [-0.2, -0.15) is 0 Å². The highest BCUT2D eigenvalue weighted by Gasteiger charge is 2.11. The fourth-order valence-corrected chi connectivity index (χ4v) is 1.91. The SMILES string of the molecule is BrB(Br)Br.COc1cc(C(=O)O)cc(C)c1O.Cc1cc(C(=O)O)cc(O)c1O. The van der Waals surface area contributed by atoms with E-state index >= 15 is 0 Å². The van der Waals surface area contributed by atoms with Gasteiger partial charge in [0.2, 0.25) is 0 Å². The van der Waals surface area contributed by atoms with Gasteiger partial charge in [0, 0.05) is 0 Å². The molecule has 0 aromatic heterocycles. The van der Waals surface area contributed by atoms with Gasteiger partial charge in [-0.25, -0.2) is 9.59 Å². The molecule has 0 fully saturated rings. The molecule has 0 spiro atoms. The van der Waals surface area contributed by atoms with Crippen molar-refractivity contribution in [2.24, 2.45) is 0 Å². The van der Waals surface area contributed by atoms with E-state index in [-0.39, 0.29) is 31.6 Å². The van der Waals surface area contributed by atoms with E-state index in [0.717, 1.165) is 6.07 Å². The molecular formula is C17H18BBr3O8. The summed E-state index contributed by atoms with van der Waals surface area (Å²) < 4.78 is 5.07. The Hall–Kier alpha value is -1.92. The Morgan fingerprint density at radius 3 is 1.55 bits per heavy atom. The van der Waals surface area contributed by atoms with Gasteiger partial charge in [-0.15, -0.1) is 47.3 Å². The van der Waals surface area contributed by atoms with Gasteiger partial charge >= 0.3 is 15.1 Å². The van der Waals surface area contributed by atoms with Crippen LogP contribution in [-0.4, -0.2) is 47.8 Å². The number of carboxylic acid groups (broad SMARTS) is 2. The highest BCUT2D eigenvalue weighted by atomic mass is 79.9. The molecule has 2 aromatic carbocycles. The van der Waals surface area contributed by atoms with Crippen LogP contribution >= 0.6 is 47.3 Å². The summed E-state index contributed by atoms with van der Waals surface area (Å²) in [5.74, 6) is -2.70. The van der Waals surface area contributed by atoms with Gasteiger partial charge in [0.15, 0.2) is 23.0 Å². The van der Waals surface area contributed by atoms with E-state index in [1.54, 1.807) is 6.92 Å². The zero-order chi connectivity index (χ0) is 22.9. The third kappa shape index (κ3) is 9.42. The van der Waals surface area contributed by atoms with E-state index in [9.17, 15) is 14.7 Å². The molecule has 0 saturated heterocycles. The van der Waals surface area contributed by atoms with Crippen molar-refractivity contribution in [1.82, 2.24) is 0 Å².